The van der Waals surface area contributed by atoms with Crippen molar-refractivity contribution in [3.63, 3.8) is 0 Å². The van der Waals surface area contributed by atoms with Gasteiger partial charge in [0.25, 0.3) is 0 Å². The number of nitrogens with zero attached hydrogens (tertiary/aromatic N) is 1. The lowest BCUT2D eigenvalue weighted by molar-refractivity contribution is -0.117. The first-order valence-corrected chi connectivity index (χ1v) is 5.68. The van der Waals surface area contributed by atoms with Crippen molar-refractivity contribution >= 4 is 11.6 Å². The monoisotopic (exact) mass is 238 g/mol. The molecule has 0 unspecified atom stereocenters. The summed E-state index contributed by atoms with van der Waals surface area (Å²) < 4.78 is 13.4. The molecule has 1 rings (SSSR count). The lowest BCUT2D eigenvalue weighted by Gasteiger charge is -2.19. The van der Waals surface area contributed by atoms with Crippen molar-refractivity contribution in [2.24, 2.45) is 0 Å². The fourth-order valence-electron chi connectivity index (χ4n) is 1.34. The summed E-state index contributed by atoms with van der Waals surface area (Å²) in [7, 11) is 1.65. The number of anilines is 1. The molecule has 1 N–H and O–H groups in total. The molecule has 0 fully saturated rings. The van der Waals surface area contributed by atoms with E-state index in [1.54, 1.807) is 26.1 Å². The SMILES string of the molecule is Cc1ccc(N(C)C(=O)CNC(C)C)cc1F. The molecule has 94 valence electrons. The molecule has 3 nitrogen and oxygen atoms in total. The predicted molar refractivity (Wildman–Crippen MR) is 67.7 cm³/mol. The highest BCUT2D eigenvalue weighted by Crippen LogP contribution is 2.16. The Morgan fingerprint density at radius 1 is 1.47 bits per heavy atom. The van der Waals surface area contributed by atoms with Crippen LogP contribution in [0, 0.1) is 12.7 Å². The molecule has 4 heteroatoms. The minimum Gasteiger partial charge on any atom is -0.314 e. The summed E-state index contributed by atoms with van der Waals surface area (Å²) in [6, 6.07) is 5.04. The zero-order valence-corrected chi connectivity index (χ0v) is 10.7. The van der Waals surface area contributed by atoms with Crippen molar-refractivity contribution in [3.05, 3.63) is 29.6 Å². The number of nitrogens with one attached hydrogen (secondary N) is 1. The molecule has 0 aliphatic heterocycles. The number of halogens is 1. The second-order valence-electron chi connectivity index (χ2n) is 4.42. The van der Waals surface area contributed by atoms with Crippen molar-refractivity contribution in [1.82, 2.24) is 5.32 Å². The van der Waals surface area contributed by atoms with Crippen LogP contribution in [0.2, 0.25) is 0 Å². The molecule has 0 saturated carbocycles. The van der Waals surface area contributed by atoms with Gasteiger partial charge in [-0.25, -0.2) is 4.39 Å². The van der Waals surface area contributed by atoms with Gasteiger partial charge in [-0.3, -0.25) is 4.79 Å². The predicted octanol–water partition coefficient (Wildman–Crippen LogP) is 2.09. The second kappa shape index (κ2) is 5.77. The Balaban J connectivity index is 2.71. The normalized spacial score (nSPS) is 10.7. The number of benzene rings is 1. The molecule has 0 spiro atoms. The number of rotatable bonds is 4. The average Bonchev–Trinajstić information content (AvgIpc) is 2.28. The molecule has 0 aliphatic carbocycles. The molecule has 0 atom stereocenters. The average molecular weight is 238 g/mol. The van der Waals surface area contributed by atoms with Gasteiger partial charge in [-0.15, -0.1) is 0 Å². The van der Waals surface area contributed by atoms with Gasteiger partial charge >= 0.3 is 0 Å². The summed E-state index contributed by atoms with van der Waals surface area (Å²) >= 11 is 0. The van der Waals surface area contributed by atoms with Crippen LogP contribution in [0.15, 0.2) is 18.2 Å². The molecule has 0 aromatic heterocycles. The van der Waals surface area contributed by atoms with Gasteiger partial charge in [0.1, 0.15) is 5.82 Å². The summed E-state index contributed by atoms with van der Waals surface area (Å²) in [5.41, 5.74) is 1.15. The zero-order valence-electron chi connectivity index (χ0n) is 10.7. The van der Waals surface area contributed by atoms with Gasteiger partial charge in [-0.05, 0) is 24.6 Å². The number of hydrogen-bond donors (Lipinski definition) is 1. The van der Waals surface area contributed by atoms with E-state index in [9.17, 15) is 9.18 Å². The van der Waals surface area contributed by atoms with E-state index in [2.05, 4.69) is 5.32 Å². The van der Waals surface area contributed by atoms with E-state index in [1.807, 2.05) is 13.8 Å². The van der Waals surface area contributed by atoms with E-state index < -0.39 is 0 Å². The summed E-state index contributed by atoms with van der Waals surface area (Å²) in [6.45, 7) is 5.89. The van der Waals surface area contributed by atoms with E-state index in [1.165, 1.54) is 11.0 Å². The third-order valence-electron chi connectivity index (χ3n) is 2.58. The fraction of sp³-hybridized carbons (Fsp3) is 0.462. The third kappa shape index (κ3) is 3.82. The third-order valence-corrected chi connectivity index (χ3v) is 2.58. The van der Waals surface area contributed by atoms with E-state index in [0.29, 0.717) is 11.3 Å². The maximum atomic E-state index is 13.4. The molecule has 0 radical (unpaired) electrons. The van der Waals surface area contributed by atoms with Crippen LogP contribution in [-0.4, -0.2) is 25.5 Å². The van der Waals surface area contributed by atoms with Crippen LogP contribution in [0.3, 0.4) is 0 Å². The number of hydrogen-bond acceptors (Lipinski definition) is 2. The largest absolute Gasteiger partial charge is 0.314 e. The first-order chi connectivity index (χ1) is 7.91. The smallest absolute Gasteiger partial charge is 0.240 e. The number of aryl methyl sites for hydroxylation is 1. The summed E-state index contributed by atoms with van der Waals surface area (Å²) in [4.78, 5) is 13.2. The van der Waals surface area contributed by atoms with Gasteiger partial charge in [-0.1, -0.05) is 19.9 Å². The fourth-order valence-corrected chi connectivity index (χ4v) is 1.34. The first kappa shape index (κ1) is 13.6. The number of likely N-dealkylation sites (N-methyl/N-ethyl adjacent to an activating group) is 1. The Kier molecular flexibility index (Phi) is 4.63. The minimum atomic E-state index is -0.293. The standard InChI is InChI=1S/C13H19FN2O/c1-9(2)15-8-13(17)16(4)11-6-5-10(3)12(14)7-11/h5-7,9,15H,8H2,1-4H3. The van der Waals surface area contributed by atoms with Crippen LogP contribution in [-0.2, 0) is 4.79 Å². The maximum absolute atomic E-state index is 13.4. The number of carbonyl (C=O) groups is 1. The van der Waals surface area contributed by atoms with E-state index in [-0.39, 0.29) is 24.3 Å². The Morgan fingerprint density at radius 2 is 2.12 bits per heavy atom. The van der Waals surface area contributed by atoms with Crippen molar-refractivity contribution in [2.75, 3.05) is 18.5 Å². The molecule has 1 amide bonds. The van der Waals surface area contributed by atoms with Crippen LogP contribution in [0.25, 0.3) is 0 Å². The van der Waals surface area contributed by atoms with Crippen LogP contribution < -0.4 is 10.2 Å². The molecule has 1 aromatic carbocycles. The highest BCUT2D eigenvalue weighted by Gasteiger charge is 2.12. The van der Waals surface area contributed by atoms with Gasteiger partial charge in [0.05, 0.1) is 6.54 Å². The quantitative estimate of drug-likeness (QED) is 0.871. The van der Waals surface area contributed by atoms with Gasteiger partial charge in [0, 0.05) is 18.8 Å². The molecule has 0 saturated heterocycles. The number of carbonyl (C=O) groups excluding carboxylic acids is 1. The molecule has 17 heavy (non-hydrogen) atoms. The van der Waals surface area contributed by atoms with E-state index in [4.69, 9.17) is 0 Å². The Bertz CT molecular complexity index is 404. The minimum absolute atomic E-state index is 0.0815. The molecule has 1 aromatic rings. The summed E-state index contributed by atoms with van der Waals surface area (Å²) in [5, 5.41) is 3.04. The summed E-state index contributed by atoms with van der Waals surface area (Å²) in [5.74, 6) is -0.374. The Morgan fingerprint density at radius 3 is 2.65 bits per heavy atom. The molecule has 0 bridgehead atoms. The second-order valence-corrected chi connectivity index (χ2v) is 4.42. The maximum Gasteiger partial charge on any atom is 0.240 e. The lowest BCUT2D eigenvalue weighted by atomic mass is 10.2. The van der Waals surface area contributed by atoms with Crippen LogP contribution in [0.1, 0.15) is 19.4 Å². The summed E-state index contributed by atoms with van der Waals surface area (Å²) in [6.07, 6.45) is 0. The molecule has 0 aliphatic rings. The van der Waals surface area contributed by atoms with E-state index in [0.717, 1.165) is 0 Å². The highest BCUT2D eigenvalue weighted by molar-refractivity contribution is 5.94. The van der Waals surface area contributed by atoms with Gasteiger partial charge in [0.2, 0.25) is 5.91 Å². The zero-order chi connectivity index (χ0) is 13.0. The van der Waals surface area contributed by atoms with Crippen molar-refractivity contribution in [2.45, 2.75) is 26.8 Å². The molecular weight excluding hydrogens is 219 g/mol. The molecular formula is C13H19FN2O. The topological polar surface area (TPSA) is 32.3 Å². The Hall–Kier alpha value is -1.42. The van der Waals surface area contributed by atoms with Crippen molar-refractivity contribution in [1.29, 1.82) is 0 Å². The van der Waals surface area contributed by atoms with Crippen LogP contribution in [0.4, 0.5) is 10.1 Å². The van der Waals surface area contributed by atoms with Crippen LogP contribution >= 0.6 is 0 Å². The van der Waals surface area contributed by atoms with Crippen molar-refractivity contribution < 1.29 is 9.18 Å². The first-order valence-electron chi connectivity index (χ1n) is 5.68. The highest BCUT2D eigenvalue weighted by atomic mass is 19.1. The Labute approximate surface area is 102 Å². The number of amides is 1. The lowest BCUT2D eigenvalue weighted by Crippen LogP contribution is -2.38. The molecule has 0 heterocycles. The van der Waals surface area contributed by atoms with Gasteiger partial charge in [0.15, 0.2) is 0 Å². The van der Waals surface area contributed by atoms with Gasteiger partial charge in [-0.2, -0.15) is 0 Å². The van der Waals surface area contributed by atoms with Crippen molar-refractivity contribution in [3.8, 4) is 0 Å². The van der Waals surface area contributed by atoms with Gasteiger partial charge < -0.3 is 10.2 Å². The van der Waals surface area contributed by atoms with Crippen LogP contribution in [0.5, 0.6) is 0 Å². The van der Waals surface area contributed by atoms with E-state index >= 15 is 0 Å².